The highest BCUT2D eigenvalue weighted by atomic mass is 16.2. The number of Topliss-reactive ketones (excluding diaryl/α,β-unsaturated/α-hetero) is 1. The van der Waals surface area contributed by atoms with Gasteiger partial charge in [-0.1, -0.05) is 0 Å². The summed E-state index contributed by atoms with van der Waals surface area (Å²) in [6.07, 6.45) is -0.447. The third-order valence-corrected chi connectivity index (χ3v) is 1.18. The van der Waals surface area contributed by atoms with E-state index in [1.165, 1.54) is 6.92 Å². The molecule has 1 rings (SSSR count). The van der Waals surface area contributed by atoms with Crippen LogP contribution in [0.3, 0.4) is 0 Å². The van der Waals surface area contributed by atoms with Crippen LogP contribution in [0.4, 0.5) is 0 Å². The van der Waals surface area contributed by atoms with Crippen molar-refractivity contribution in [3.05, 3.63) is 0 Å². The van der Waals surface area contributed by atoms with E-state index in [2.05, 4.69) is 10.6 Å². The number of carbonyl (C=O) groups is 2. The Balaban J connectivity index is 2.48. The van der Waals surface area contributed by atoms with Gasteiger partial charge in [0.25, 0.3) is 0 Å². The molecule has 9 heavy (non-hydrogen) atoms. The lowest BCUT2D eigenvalue weighted by molar-refractivity contribution is -0.123. The molecule has 0 spiro atoms. The molecule has 50 valence electrons. The van der Waals surface area contributed by atoms with E-state index in [1.807, 2.05) is 0 Å². The Labute approximate surface area is 52.6 Å². The lowest BCUT2D eigenvalue weighted by Gasteiger charge is -2.02. The molecule has 0 aromatic carbocycles. The summed E-state index contributed by atoms with van der Waals surface area (Å²) >= 11 is 0. The van der Waals surface area contributed by atoms with Crippen LogP contribution in [0.5, 0.6) is 0 Å². The molecule has 0 aromatic heterocycles. The number of carbonyl (C=O) groups excluding carboxylic acids is 2. The lowest BCUT2D eigenvalue weighted by Crippen LogP contribution is -2.38. The number of hydrogen-bond donors (Lipinski definition) is 2. The van der Waals surface area contributed by atoms with Crippen molar-refractivity contribution in [1.29, 1.82) is 0 Å². The molecule has 1 aliphatic rings. The van der Waals surface area contributed by atoms with Crippen molar-refractivity contribution >= 4 is 11.7 Å². The molecule has 1 atom stereocenters. The van der Waals surface area contributed by atoms with Gasteiger partial charge >= 0.3 is 0 Å². The smallest absolute Gasteiger partial charge is 0.235 e. The van der Waals surface area contributed by atoms with Crippen LogP contribution in [-0.4, -0.2) is 24.4 Å². The lowest BCUT2D eigenvalue weighted by atomic mass is 10.4. The van der Waals surface area contributed by atoms with E-state index in [0.717, 1.165) is 0 Å². The zero-order valence-corrected chi connectivity index (χ0v) is 5.10. The summed E-state index contributed by atoms with van der Waals surface area (Å²) in [7, 11) is 0. The maximum atomic E-state index is 10.5. The van der Waals surface area contributed by atoms with Crippen molar-refractivity contribution in [3.8, 4) is 0 Å². The summed E-state index contributed by atoms with van der Waals surface area (Å²) in [6.45, 7) is 1.69. The molecule has 1 heterocycles. The fraction of sp³-hybridized carbons (Fsp3) is 0.600. The summed E-state index contributed by atoms with van der Waals surface area (Å²) in [5.74, 6) is -0.170. The quantitative estimate of drug-likeness (QED) is 0.457. The van der Waals surface area contributed by atoms with Crippen molar-refractivity contribution in [3.63, 3.8) is 0 Å². The summed E-state index contributed by atoms with van der Waals surface area (Å²) in [5, 5.41) is 5.15. The van der Waals surface area contributed by atoms with Crippen molar-refractivity contribution in [1.82, 2.24) is 10.6 Å². The van der Waals surface area contributed by atoms with Crippen molar-refractivity contribution < 1.29 is 9.59 Å². The first-order valence-electron chi connectivity index (χ1n) is 2.73. The number of nitrogens with one attached hydrogen (secondary N) is 2. The van der Waals surface area contributed by atoms with Crippen molar-refractivity contribution in [2.45, 2.75) is 13.1 Å². The van der Waals surface area contributed by atoms with Crippen LogP contribution >= 0.6 is 0 Å². The van der Waals surface area contributed by atoms with Gasteiger partial charge in [0.2, 0.25) is 5.91 Å². The normalized spacial score (nSPS) is 25.9. The summed E-state index contributed by atoms with van der Waals surface area (Å²) < 4.78 is 0. The number of amides is 1. The van der Waals surface area contributed by atoms with Gasteiger partial charge in [0.05, 0.1) is 6.54 Å². The molecule has 0 saturated carbocycles. The zero-order chi connectivity index (χ0) is 6.85. The monoisotopic (exact) mass is 128 g/mol. The van der Waals surface area contributed by atoms with Gasteiger partial charge in [-0.05, 0) is 6.92 Å². The second-order valence-electron chi connectivity index (χ2n) is 1.99. The minimum atomic E-state index is -0.447. The predicted molar refractivity (Wildman–Crippen MR) is 30.6 cm³/mol. The molecule has 1 amide bonds. The van der Waals surface area contributed by atoms with Crippen LogP contribution in [0, 0.1) is 0 Å². The first kappa shape index (κ1) is 6.22. The van der Waals surface area contributed by atoms with Gasteiger partial charge < -0.3 is 5.32 Å². The van der Waals surface area contributed by atoms with Gasteiger partial charge in [-0.15, -0.1) is 0 Å². The third-order valence-electron chi connectivity index (χ3n) is 1.18. The molecule has 0 bridgehead atoms. The zero-order valence-electron chi connectivity index (χ0n) is 5.10. The highest BCUT2D eigenvalue weighted by Gasteiger charge is 2.22. The maximum absolute atomic E-state index is 10.5. The van der Waals surface area contributed by atoms with Gasteiger partial charge in [0, 0.05) is 0 Å². The van der Waals surface area contributed by atoms with Gasteiger partial charge in [-0.2, -0.15) is 0 Å². The Hall–Kier alpha value is -0.900. The fourth-order valence-corrected chi connectivity index (χ4v) is 0.703. The van der Waals surface area contributed by atoms with Crippen LogP contribution in [-0.2, 0) is 9.59 Å². The summed E-state index contributed by atoms with van der Waals surface area (Å²) in [6, 6.07) is 0. The van der Waals surface area contributed by atoms with E-state index >= 15 is 0 Å². The van der Waals surface area contributed by atoms with Gasteiger partial charge in [-0.3, -0.25) is 14.9 Å². The molecule has 1 saturated heterocycles. The van der Waals surface area contributed by atoms with E-state index < -0.39 is 6.17 Å². The first-order valence-corrected chi connectivity index (χ1v) is 2.73. The minimum Gasteiger partial charge on any atom is -0.333 e. The molecular formula is C5H8N2O2. The molecule has 0 radical (unpaired) electrons. The average molecular weight is 128 g/mol. The Morgan fingerprint density at radius 1 is 1.78 bits per heavy atom. The molecule has 1 fully saturated rings. The Kier molecular flexibility index (Phi) is 1.48. The van der Waals surface area contributed by atoms with Crippen LogP contribution in [0.25, 0.3) is 0 Å². The number of ketones is 1. The highest BCUT2D eigenvalue weighted by Crippen LogP contribution is 1.86. The summed E-state index contributed by atoms with van der Waals surface area (Å²) in [4.78, 5) is 20.9. The first-order chi connectivity index (χ1) is 4.20. The maximum Gasteiger partial charge on any atom is 0.235 e. The Morgan fingerprint density at radius 2 is 2.44 bits per heavy atom. The highest BCUT2D eigenvalue weighted by molar-refractivity contribution is 5.91. The van der Waals surface area contributed by atoms with Crippen LogP contribution in [0.2, 0.25) is 0 Å². The van der Waals surface area contributed by atoms with E-state index in [-0.39, 0.29) is 18.2 Å². The summed E-state index contributed by atoms with van der Waals surface area (Å²) in [5.41, 5.74) is 0. The number of hydrogen-bond acceptors (Lipinski definition) is 3. The van der Waals surface area contributed by atoms with Gasteiger partial charge in [0.1, 0.15) is 6.17 Å². The molecular weight excluding hydrogens is 120 g/mol. The molecule has 2 N–H and O–H groups in total. The molecule has 4 heteroatoms. The van der Waals surface area contributed by atoms with E-state index in [1.54, 1.807) is 0 Å². The average Bonchev–Trinajstić information content (AvgIpc) is 2.14. The second-order valence-corrected chi connectivity index (χ2v) is 1.99. The topological polar surface area (TPSA) is 58.2 Å². The molecule has 4 nitrogen and oxygen atoms in total. The standard InChI is InChI=1S/C5H8N2O2/c1-3(8)5-6-2-4(9)7-5/h5-6H,2H2,1H3,(H,7,9). The molecule has 0 aliphatic carbocycles. The van der Waals surface area contributed by atoms with Crippen LogP contribution < -0.4 is 10.6 Å². The Morgan fingerprint density at radius 3 is 2.67 bits per heavy atom. The Bertz CT molecular complexity index is 155. The predicted octanol–water partition coefficient (Wildman–Crippen LogP) is -1.38. The van der Waals surface area contributed by atoms with Crippen molar-refractivity contribution in [2.75, 3.05) is 6.54 Å². The van der Waals surface area contributed by atoms with E-state index in [0.29, 0.717) is 0 Å². The molecule has 1 unspecified atom stereocenters. The van der Waals surface area contributed by atoms with Gasteiger partial charge in [0.15, 0.2) is 5.78 Å². The largest absolute Gasteiger partial charge is 0.333 e. The van der Waals surface area contributed by atoms with E-state index in [9.17, 15) is 9.59 Å². The van der Waals surface area contributed by atoms with Crippen molar-refractivity contribution in [2.24, 2.45) is 0 Å². The number of rotatable bonds is 1. The van der Waals surface area contributed by atoms with E-state index in [4.69, 9.17) is 0 Å². The third kappa shape index (κ3) is 1.26. The van der Waals surface area contributed by atoms with Gasteiger partial charge in [-0.25, -0.2) is 0 Å². The van der Waals surface area contributed by atoms with Crippen LogP contribution in [0.1, 0.15) is 6.92 Å². The minimum absolute atomic E-state index is 0.0548. The second kappa shape index (κ2) is 2.14. The van der Waals surface area contributed by atoms with Crippen LogP contribution in [0.15, 0.2) is 0 Å². The fourth-order valence-electron chi connectivity index (χ4n) is 0.703. The SMILES string of the molecule is CC(=O)C1NCC(=O)N1. The molecule has 0 aromatic rings. The molecule has 1 aliphatic heterocycles.